The van der Waals surface area contributed by atoms with Crippen LogP contribution in [0, 0.1) is 5.82 Å². The third kappa shape index (κ3) is 3.49. The fraction of sp³-hybridized carbons (Fsp3) is 0.538. The zero-order chi connectivity index (χ0) is 12.1. The highest BCUT2D eigenvalue weighted by atomic mass is 19.1. The van der Waals surface area contributed by atoms with E-state index in [2.05, 4.69) is 4.90 Å². The zero-order valence-corrected chi connectivity index (χ0v) is 9.99. The highest BCUT2D eigenvalue weighted by Crippen LogP contribution is 2.14. The van der Waals surface area contributed by atoms with E-state index in [1.54, 1.807) is 12.1 Å². The molecule has 0 spiro atoms. The molecule has 0 atom stereocenters. The molecule has 4 heteroatoms. The Balaban J connectivity index is 2.07. The van der Waals surface area contributed by atoms with Crippen LogP contribution < -0.4 is 5.73 Å². The van der Waals surface area contributed by atoms with E-state index in [-0.39, 0.29) is 5.82 Å². The lowest BCUT2D eigenvalue weighted by atomic mass is 10.1. The molecule has 1 aliphatic rings. The molecular weight excluding hydrogens is 219 g/mol. The van der Waals surface area contributed by atoms with E-state index in [0.29, 0.717) is 6.54 Å². The van der Waals surface area contributed by atoms with Crippen LogP contribution >= 0.6 is 0 Å². The molecule has 0 amide bonds. The van der Waals surface area contributed by atoms with E-state index in [1.165, 1.54) is 6.07 Å². The van der Waals surface area contributed by atoms with Crippen molar-refractivity contribution in [2.45, 2.75) is 19.5 Å². The highest BCUT2D eigenvalue weighted by molar-refractivity contribution is 5.27. The summed E-state index contributed by atoms with van der Waals surface area (Å²) in [5.41, 5.74) is 7.69. The largest absolute Gasteiger partial charge is 0.380 e. The van der Waals surface area contributed by atoms with Crippen LogP contribution in [0.4, 0.5) is 4.39 Å². The van der Waals surface area contributed by atoms with Gasteiger partial charge in [0.1, 0.15) is 5.82 Å². The fourth-order valence-corrected chi connectivity index (χ4v) is 2.14. The minimum Gasteiger partial charge on any atom is -0.380 e. The molecule has 1 aliphatic heterocycles. The molecule has 2 N–H and O–H groups in total. The Hall–Kier alpha value is -0.970. The third-order valence-electron chi connectivity index (χ3n) is 3.10. The van der Waals surface area contributed by atoms with Gasteiger partial charge in [0.25, 0.3) is 0 Å². The number of hydrogen-bond donors (Lipinski definition) is 1. The molecule has 0 unspecified atom stereocenters. The molecule has 0 radical (unpaired) electrons. The monoisotopic (exact) mass is 238 g/mol. The van der Waals surface area contributed by atoms with Crippen molar-refractivity contribution in [1.29, 1.82) is 0 Å². The second-order valence-electron chi connectivity index (χ2n) is 4.36. The van der Waals surface area contributed by atoms with E-state index in [1.807, 2.05) is 0 Å². The number of rotatable bonds is 3. The van der Waals surface area contributed by atoms with Gasteiger partial charge in [0.2, 0.25) is 0 Å². The zero-order valence-electron chi connectivity index (χ0n) is 9.99. The summed E-state index contributed by atoms with van der Waals surface area (Å²) >= 11 is 0. The van der Waals surface area contributed by atoms with Crippen molar-refractivity contribution in [3.63, 3.8) is 0 Å². The van der Waals surface area contributed by atoms with Gasteiger partial charge >= 0.3 is 0 Å². The van der Waals surface area contributed by atoms with Gasteiger partial charge in [0.15, 0.2) is 0 Å². The van der Waals surface area contributed by atoms with E-state index in [0.717, 1.165) is 50.4 Å². The van der Waals surface area contributed by atoms with Gasteiger partial charge in [-0.3, -0.25) is 4.90 Å². The highest BCUT2D eigenvalue weighted by Gasteiger charge is 2.12. The second kappa shape index (κ2) is 6.10. The number of nitrogens with two attached hydrogens (primary N) is 1. The van der Waals surface area contributed by atoms with Gasteiger partial charge in [-0.25, -0.2) is 4.39 Å². The van der Waals surface area contributed by atoms with Crippen LogP contribution in [0.5, 0.6) is 0 Å². The molecule has 94 valence electrons. The van der Waals surface area contributed by atoms with Crippen molar-refractivity contribution >= 4 is 0 Å². The van der Waals surface area contributed by atoms with Crippen LogP contribution in [0.25, 0.3) is 0 Å². The van der Waals surface area contributed by atoms with E-state index < -0.39 is 0 Å². The average Bonchev–Trinajstić information content (AvgIpc) is 2.58. The van der Waals surface area contributed by atoms with Crippen molar-refractivity contribution in [3.05, 3.63) is 35.1 Å². The fourth-order valence-electron chi connectivity index (χ4n) is 2.14. The lowest BCUT2D eigenvalue weighted by molar-refractivity contribution is 0.140. The smallest absolute Gasteiger partial charge is 0.123 e. The van der Waals surface area contributed by atoms with Crippen LogP contribution in [0.15, 0.2) is 18.2 Å². The minimum absolute atomic E-state index is 0.191. The Morgan fingerprint density at radius 1 is 1.24 bits per heavy atom. The Bertz CT molecular complexity index is 362. The lowest BCUT2D eigenvalue weighted by Gasteiger charge is -2.20. The number of benzene rings is 1. The maximum Gasteiger partial charge on any atom is 0.123 e. The quantitative estimate of drug-likeness (QED) is 0.867. The molecule has 1 aromatic rings. The van der Waals surface area contributed by atoms with Crippen LogP contribution in [0.3, 0.4) is 0 Å². The van der Waals surface area contributed by atoms with Crippen molar-refractivity contribution in [2.75, 3.05) is 26.3 Å². The van der Waals surface area contributed by atoms with E-state index in [9.17, 15) is 4.39 Å². The van der Waals surface area contributed by atoms with Crippen molar-refractivity contribution < 1.29 is 9.13 Å². The summed E-state index contributed by atoms with van der Waals surface area (Å²) in [4.78, 5) is 2.29. The number of halogens is 1. The van der Waals surface area contributed by atoms with Gasteiger partial charge in [-0.15, -0.1) is 0 Å². The predicted molar refractivity (Wildman–Crippen MR) is 65.0 cm³/mol. The van der Waals surface area contributed by atoms with Crippen LogP contribution in [0.2, 0.25) is 0 Å². The first kappa shape index (κ1) is 12.5. The molecule has 1 saturated heterocycles. The van der Waals surface area contributed by atoms with Gasteiger partial charge in [0, 0.05) is 32.8 Å². The molecule has 17 heavy (non-hydrogen) atoms. The summed E-state index contributed by atoms with van der Waals surface area (Å²) in [6.07, 6.45) is 1.03. The molecule has 1 heterocycles. The molecule has 0 aliphatic carbocycles. The normalized spacial score (nSPS) is 18.0. The SMILES string of the molecule is NCc1ccc(F)cc1CN1CCCOCC1. The molecule has 2 rings (SSSR count). The predicted octanol–water partition coefficient (Wildman–Crippen LogP) is 1.51. The summed E-state index contributed by atoms with van der Waals surface area (Å²) in [6.45, 7) is 4.70. The molecule has 0 saturated carbocycles. The van der Waals surface area contributed by atoms with Gasteiger partial charge in [-0.2, -0.15) is 0 Å². The summed E-state index contributed by atoms with van der Waals surface area (Å²) < 4.78 is 18.6. The maximum atomic E-state index is 13.2. The summed E-state index contributed by atoms with van der Waals surface area (Å²) in [6, 6.07) is 4.84. The van der Waals surface area contributed by atoms with Gasteiger partial charge in [0.05, 0.1) is 6.61 Å². The van der Waals surface area contributed by atoms with E-state index in [4.69, 9.17) is 10.5 Å². The molecule has 3 nitrogen and oxygen atoms in total. The minimum atomic E-state index is -0.191. The lowest BCUT2D eigenvalue weighted by Crippen LogP contribution is -2.26. The number of hydrogen-bond acceptors (Lipinski definition) is 3. The Morgan fingerprint density at radius 2 is 2.12 bits per heavy atom. The third-order valence-corrected chi connectivity index (χ3v) is 3.10. The summed E-state index contributed by atoms with van der Waals surface area (Å²) in [5, 5.41) is 0. The molecule has 1 fully saturated rings. The average molecular weight is 238 g/mol. The standard InChI is InChI=1S/C13H19FN2O/c14-13-3-2-11(9-15)12(8-13)10-16-4-1-6-17-7-5-16/h2-3,8H,1,4-7,9-10,15H2. The molecule has 0 bridgehead atoms. The Labute approximate surface area is 101 Å². The summed E-state index contributed by atoms with van der Waals surface area (Å²) in [7, 11) is 0. The van der Waals surface area contributed by atoms with Gasteiger partial charge in [-0.05, 0) is 29.7 Å². The maximum absolute atomic E-state index is 13.2. The first-order valence-corrected chi connectivity index (χ1v) is 6.07. The van der Waals surface area contributed by atoms with Gasteiger partial charge in [-0.1, -0.05) is 6.07 Å². The Morgan fingerprint density at radius 3 is 2.94 bits per heavy atom. The number of nitrogens with zero attached hydrogens (tertiary/aromatic N) is 1. The topological polar surface area (TPSA) is 38.5 Å². The first-order valence-electron chi connectivity index (χ1n) is 6.07. The van der Waals surface area contributed by atoms with Crippen LogP contribution in [-0.4, -0.2) is 31.2 Å². The second-order valence-corrected chi connectivity index (χ2v) is 4.36. The van der Waals surface area contributed by atoms with Crippen molar-refractivity contribution in [2.24, 2.45) is 5.73 Å². The van der Waals surface area contributed by atoms with Crippen LogP contribution in [-0.2, 0) is 17.8 Å². The summed E-state index contributed by atoms with van der Waals surface area (Å²) in [5.74, 6) is -0.191. The van der Waals surface area contributed by atoms with Crippen molar-refractivity contribution in [1.82, 2.24) is 4.90 Å². The molecular formula is C13H19FN2O. The van der Waals surface area contributed by atoms with E-state index >= 15 is 0 Å². The molecule has 0 aromatic heterocycles. The molecule has 1 aromatic carbocycles. The first-order chi connectivity index (χ1) is 8.29. The van der Waals surface area contributed by atoms with Crippen molar-refractivity contribution in [3.8, 4) is 0 Å². The van der Waals surface area contributed by atoms with Crippen LogP contribution in [0.1, 0.15) is 17.5 Å². The Kier molecular flexibility index (Phi) is 4.48. The van der Waals surface area contributed by atoms with Gasteiger partial charge < -0.3 is 10.5 Å². The number of ether oxygens (including phenoxy) is 1.